The minimum absolute atomic E-state index is 0.731. The van der Waals surface area contributed by atoms with E-state index in [-0.39, 0.29) is 0 Å². The Kier molecular flexibility index (Phi) is 4.88. The third-order valence-electron chi connectivity index (χ3n) is 4.31. The normalized spacial score (nSPS) is 15.0. The maximum absolute atomic E-state index is 4.69. The van der Waals surface area contributed by atoms with Crippen LogP contribution in [-0.2, 0) is 0 Å². The van der Waals surface area contributed by atoms with Crippen LogP contribution < -0.4 is 4.90 Å². The molecule has 2 aromatic heterocycles. The molecule has 1 aliphatic heterocycles. The zero-order valence-electron chi connectivity index (χ0n) is 14.6. The fourth-order valence-electron chi connectivity index (χ4n) is 2.87. The van der Waals surface area contributed by atoms with Crippen LogP contribution in [0.25, 0.3) is 17.5 Å². The van der Waals surface area contributed by atoms with Crippen molar-refractivity contribution in [2.45, 2.75) is 6.92 Å². The zero-order valence-corrected chi connectivity index (χ0v) is 15.4. The van der Waals surface area contributed by atoms with Crippen LogP contribution in [0.5, 0.6) is 0 Å². The molecule has 0 aliphatic carbocycles. The molecule has 4 rings (SSSR count). The summed E-state index contributed by atoms with van der Waals surface area (Å²) in [6, 6.07) is 12.4. The molecule has 132 valence electrons. The predicted molar refractivity (Wildman–Crippen MR) is 105 cm³/mol. The van der Waals surface area contributed by atoms with Crippen molar-refractivity contribution >= 4 is 22.7 Å². The first-order valence-corrected chi connectivity index (χ1v) is 9.41. The van der Waals surface area contributed by atoms with Gasteiger partial charge in [-0.15, -0.1) is 0 Å². The van der Waals surface area contributed by atoms with Gasteiger partial charge in [-0.3, -0.25) is 0 Å². The summed E-state index contributed by atoms with van der Waals surface area (Å²) in [7, 11) is 0. The molecule has 1 aliphatic rings. The second-order valence-corrected chi connectivity index (χ2v) is 6.97. The Morgan fingerprint density at radius 3 is 2.65 bits per heavy atom. The first-order chi connectivity index (χ1) is 12.8. The number of anilines is 1. The largest absolute Gasteiger partial charge is 0.374 e. The summed E-state index contributed by atoms with van der Waals surface area (Å²) < 4.78 is 4.49. The third-order valence-corrected chi connectivity index (χ3v) is 5.09. The lowest BCUT2D eigenvalue weighted by Crippen LogP contribution is -2.44. The average molecular weight is 364 g/mol. The van der Waals surface area contributed by atoms with E-state index in [9.17, 15) is 0 Å². The first kappa shape index (κ1) is 16.7. The van der Waals surface area contributed by atoms with Gasteiger partial charge in [-0.1, -0.05) is 30.3 Å². The van der Waals surface area contributed by atoms with Crippen LogP contribution >= 0.6 is 11.5 Å². The molecule has 3 heterocycles. The summed E-state index contributed by atoms with van der Waals surface area (Å²) >= 11 is 1.45. The molecule has 1 fully saturated rings. The molecular formula is C19H20N6S. The molecule has 6 nitrogen and oxygen atoms in total. The van der Waals surface area contributed by atoms with Gasteiger partial charge in [0.25, 0.3) is 0 Å². The fraction of sp³-hybridized carbons (Fsp3) is 0.263. The molecule has 0 radical (unpaired) electrons. The Morgan fingerprint density at radius 1 is 1.08 bits per heavy atom. The Morgan fingerprint density at radius 2 is 1.88 bits per heavy atom. The molecule has 0 unspecified atom stereocenters. The van der Waals surface area contributed by atoms with Crippen molar-refractivity contribution in [1.82, 2.24) is 24.5 Å². The SMILES string of the molecule is Cc1cc(-c2nsc(N3CCN(C=Cc4ccccc4)CC3)n2)cnn1. The Bertz CT molecular complexity index is 884. The van der Waals surface area contributed by atoms with Crippen molar-refractivity contribution in [2.24, 2.45) is 0 Å². The third kappa shape index (κ3) is 3.88. The summed E-state index contributed by atoms with van der Waals surface area (Å²) in [4.78, 5) is 9.34. The molecule has 3 aromatic rings. The van der Waals surface area contributed by atoms with Gasteiger partial charge in [-0.2, -0.15) is 19.6 Å². The zero-order chi connectivity index (χ0) is 17.8. The topological polar surface area (TPSA) is 58.0 Å². The van der Waals surface area contributed by atoms with Crippen LogP contribution in [0.4, 0.5) is 5.13 Å². The van der Waals surface area contributed by atoms with Crippen molar-refractivity contribution in [3.63, 3.8) is 0 Å². The van der Waals surface area contributed by atoms with Gasteiger partial charge in [0.15, 0.2) is 5.82 Å². The molecule has 7 heteroatoms. The van der Waals surface area contributed by atoms with E-state index < -0.39 is 0 Å². The lowest BCUT2D eigenvalue weighted by molar-refractivity contribution is 0.351. The summed E-state index contributed by atoms with van der Waals surface area (Å²) in [6.07, 6.45) is 6.06. The highest BCUT2D eigenvalue weighted by molar-refractivity contribution is 7.09. The maximum atomic E-state index is 4.69. The van der Waals surface area contributed by atoms with E-state index in [1.165, 1.54) is 17.1 Å². The molecule has 0 spiro atoms. The van der Waals surface area contributed by atoms with E-state index in [4.69, 9.17) is 4.98 Å². The van der Waals surface area contributed by atoms with E-state index in [1.54, 1.807) is 6.20 Å². The number of benzene rings is 1. The molecule has 0 atom stereocenters. The van der Waals surface area contributed by atoms with E-state index >= 15 is 0 Å². The molecule has 0 amide bonds. The van der Waals surface area contributed by atoms with Gasteiger partial charge in [0, 0.05) is 43.3 Å². The van der Waals surface area contributed by atoms with Gasteiger partial charge < -0.3 is 9.80 Å². The van der Waals surface area contributed by atoms with Crippen molar-refractivity contribution in [1.29, 1.82) is 0 Å². The van der Waals surface area contributed by atoms with Gasteiger partial charge in [-0.25, -0.2) is 0 Å². The summed E-state index contributed by atoms with van der Waals surface area (Å²) in [5.74, 6) is 0.731. The highest BCUT2D eigenvalue weighted by Gasteiger charge is 2.19. The summed E-state index contributed by atoms with van der Waals surface area (Å²) in [5.41, 5.74) is 3.02. The number of aromatic nitrogens is 4. The minimum Gasteiger partial charge on any atom is -0.374 e. The van der Waals surface area contributed by atoms with Gasteiger partial charge in [-0.05, 0) is 30.8 Å². The molecule has 26 heavy (non-hydrogen) atoms. The predicted octanol–water partition coefficient (Wildman–Crippen LogP) is 3.10. The standard InChI is InChI=1S/C19H20N6S/c1-15-13-17(14-20-22-15)18-21-19(26-23-18)25-11-9-24(10-12-25)8-7-16-5-3-2-4-6-16/h2-8,13-14H,9-12H2,1H3. The van der Waals surface area contributed by atoms with Crippen LogP contribution in [0.1, 0.15) is 11.3 Å². The summed E-state index contributed by atoms with van der Waals surface area (Å²) in [5, 5.41) is 8.94. The first-order valence-electron chi connectivity index (χ1n) is 8.63. The molecule has 0 N–H and O–H groups in total. The quantitative estimate of drug-likeness (QED) is 0.709. The number of aryl methyl sites for hydroxylation is 1. The van der Waals surface area contributed by atoms with Crippen LogP contribution in [0.3, 0.4) is 0 Å². The monoisotopic (exact) mass is 364 g/mol. The highest BCUT2D eigenvalue weighted by Crippen LogP contribution is 2.24. The Balaban J connectivity index is 1.37. The molecule has 0 saturated carbocycles. The van der Waals surface area contributed by atoms with Crippen LogP contribution in [0.15, 0.2) is 48.8 Å². The number of piperazine rings is 1. The number of hydrogen-bond acceptors (Lipinski definition) is 7. The lowest BCUT2D eigenvalue weighted by atomic mass is 10.2. The molecular weight excluding hydrogens is 344 g/mol. The average Bonchev–Trinajstić information content (AvgIpc) is 3.18. The number of nitrogens with zero attached hydrogens (tertiary/aromatic N) is 6. The highest BCUT2D eigenvalue weighted by atomic mass is 32.1. The van der Waals surface area contributed by atoms with E-state index in [0.717, 1.165) is 48.4 Å². The van der Waals surface area contributed by atoms with Crippen LogP contribution in [0.2, 0.25) is 0 Å². The van der Waals surface area contributed by atoms with E-state index in [1.807, 2.05) is 19.1 Å². The van der Waals surface area contributed by atoms with Crippen molar-refractivity contribution in [2.75, 3.05) is 31.1 Å². The molecule has 1 aromatic carbocycles. The van der Waals surface area contributed by atoms with E-state index in [2.05, 4.69) is 60.9 Å². The van der Waals surface area contributed by atoms with Crippen molar-refractivity contribution < 1.29 is 0 Å². The second kappa shape index (κ2) is 7.61. The number of hydrogen-bond donors (Lipinski definition) is 0. The van der Waals surface area contributed by atoms with Gasteiger partial charge in [0.2, 0.25) is 5.13 Å². The Labute approximate surface area is 157 Å². The van der Waals surface area contributed by atoms with Gasteiger partial charge >= 0.3 is 0 Å². The second-order valence-electron chi connectivity index (χ2n) is 6.24. The number of rotatable bonds is 4. The van der Waals surface area contributed by atoms with Gasteiger partial charge in [0.1, 0.15) is 0 Å². The maximum Gasteiger partial charge on any atom is 0.205 e. The van der Waals surface area contributed by atoms with Crippen molar-refractivity contribution in [3.8, 4) is 11.4 Å². The minimum atomic E-state index is 0.731. The smallest absolute Gasteiger partial charge is 0.205 e. The van der Waals surface area contributed by atoms with Crippen LogP contribution in [0, 0.1) is 6.92 Å². The van der Waals surface area contributed by atoms with Crippen LogP contribution in [-0.4, -0.2) is 50.6 Å². The fourth-order valence-corrected chi connectivity index (χ4v) is 3.61. The van der Waals surface area contributed by atoms with Crippen molar-refractivity contribution in [3.05, 3.63) is 60.1 Å². The summed E-state index contributed by atoms with van der Waals surface area (Å²) in [6.45, 7) is 5.77. The van der Waals surface area contributed by atoms with E-state index in [0.29, 0.717) is 0 Å². The van der Waals surface area contributed by atoms with Gasteiger partial charge in [0.05, 0.1) is 11.9 Å². The molecule has 0 bridgehead atoms. The lowest BCUT2D eigenvalue weighted by Gasteiger charge is -2.33. The molecule has 1 saturated heterocycles. The Hall–Kier alpha value is -2.80.